The van der Waals surface area contributed by atoms with Crippen LogP contribution in [0.15, 0.2) is 61.9 Å². The monoisotopic (exact) mass is 628 g/mol. The molecule has 210 valence electrons. The van der Waals surface area contributed by atoms with Crippen molar-refractivity contribution in [3.05, 3.63) is 83.0 Å². The van der Waals surface area contributed by atoms with Gasteiger partial charge in [0.2, 0.25) is 0 Å². The number of nitrogens with zero attached hydrogens (tertiary/aromatic N) is 2. The fraction of sp³-hybridized carbons (Fsp3) is 0.310. The Hall–Kier alpha value is -3.70. The summed E-state index contributed by atoms with van der Waals surface area (Å²) in [4.78, 5) is 44.0. The van der Waals surface area contributed by atoms with Crippen LogP contribution in [0.2, 0.25) is 0 Å². The molecule has 0 N–H and O–H groups in total. The molecule has 1 aliphatic rings. The minimum atomic E-state index is -0.845. The number of rotatable bonds is 9. The van der Waals surface area contributed by atoms with Gasteiger partial charge in [0.15, 0.2) is 4.80 Å². The number of ether oxygens (including phenoxy) is 4. The molecule has 0 aliphatic carbocycles. The molecule has 2 heterocycles. The zero-order valence-corrected chi connectivity index (χ0v) is 25.2. The zero-order chi connectivity index (χ0) is 29.0. The molecule has 0 amide bonds. The highest BCUT2D eigenvalue weighted by Gasteiger charge is 2.36. The number of hydrogen-bond donors (Lipinski definition) is 0. The van der Waals surface area contributed by atoms with E-state index < -0.39 is 18.0 Å². The van der Waals surface area contributed by atoms with Crippen molar-refractivity contribution in [3.8, 4) is 17.2 Å². The fourth-order valence-electron chi connectivity index (χ4n) is 4.46. The lowest BCUT2D eigenvalue weighted by molar-refractivity contribution is -0.139. The van der Waals surface area contributed by atoms with Gasteiger partial charge in [-0.3, -0.25) is 14.2 Å². The van der Waals surface area contributed by atoms with Crippen molar-refractivity contribution in [1.29, 1.82) is 0 Å². The van der Waals surface area contributed by atoms with Crippen LogP contribution in [0, 0.1) is 0 Å². The van der Waals surface area contributed by atoms with Crippen molar-refractivity contribution in [1.82, 2.24) is 4.57 Å². The van der Waals surface area contributed by atoms with Gasteiger partial charge in [-0.25, -0.2) is 9.79 Å². The largest absolute Gasteiger partial charge is 0.497 e. The van der Waals surface area contributed by atoms with Crippen molar-refractivity contribution in [3.63, 3.8) is 0 Å². The van der Waals surface area contributed by atoms with E-state index in [1.165, 1.54) is 29.9 Å². The zero-order valence-electron chi connectivity index (χ0n) is 22.8. The third-order valence-electron chi connectivity index (χ3n) is 6.13. The number of hydrogen-bond acceptors (Lipinski definition) is 9. The summed E-state index contributed by atoms with van der Waals surface area (Å²) < 4.78 is 24.3. The van der Waals surface area contributed by atoms with Crippen LogP contribution < -0.4 is 29.1 Å². The topological polar surface area (TPSA) is 105 Å². The van der Waals surface area contributed by atoms with Crippen molar-refractivity contribution in [2.75, 3.05) is 20.8 Å². The lowest BCUT2D eigenvalue weighted by atomic mass is 9.93. The van der Waals surface area contributed by atoms with E-state index in [2.05, 4.69) is 15.9 Å². The molecule has 0 saturated heterocycles. The maximum atomic E-state index is 14.0. The molecule has 0 bridgehead atoms. The van der Waals surface area contributed by atoms with Crippen LogP contribution in [0.1, 0.15) is 50.8 Å². The van der Waals surface area contributed by atoms with Gasteiger partial charge in [-0.1, -0.05) is 30.7 Å². The Morgan fingerprint density at radius 2 is 1.85 bits per heavy atom. The minimum Gasteiger partial charge on any atom is -0.497 e. The van der Waals surface area contributed by atoms with Gasteiger partial charge in [-0.2, -0.15) is 0 Å². The standard InChI is InChI=1S/C29H29BrN2O7S/c1-6-8-21-25(28(35)38-7-2)26(19-15-18(36-4)10-12-22(19)37-5)32-27(34)24(40-29(32)31-21)14-17-9-11-23(20(30)13-17)39-16(3)33/h9-15,26H,6-8H2,1-5H3/b24-14-/t26-/m0/s1. The molecular weight excluding hydrogens is 600 g/mol. The van der Waals surface area contributed by atoms with Crippen LogP contribution >= 0.6 is 27.3 Å². The maximum absolute atomic E-state index is 14.0. The van der Waals surface area contributed by atoms with Gasteiger partial charge < -0.3 is 18.9 Å². The Morgan fingerprint density at radius 3 is 2.48 bits per heavy atom. The van der Waals surface area contributed by atoms with E-state index in [-0.39, 0.29) is 12.2 Å². The summed E-state index contributed by atoms with van der Waals surface area (Å²) >= 11 is 4.64. The van der Waals surface area contributed by atoms with E-state index in [0.717, 1.165) is 6.42 Å². The molecule has 0 fully saturated rings. The molecule has 1 aromatic heterocycles. The highest BCUT2D eigenvalue weighted by atomic mass is 79.9. The summed E-state index contributed by atoms with van der Waals surface area (Å²) in [5.41, 5.74) is 1.83. The van der Waals surface area contributed by atoms with Crippen LogP contribution in [0.25, 0.3) is 6.08 Å². The average molecular weight is 630 g/mol. The Kier molecular flexibility index (Phi) is 9.26. The lowest BCUT2D eigenvalue weighted by Crippen LogP contribution is -2.40. The molecule has 2 aromatic carbocycles. The molecule has 1 atom stereocenters. The highest BCUT2D eigenvalue weighted by molar-refractivity contribution is 9.10. The van der Waals surface area contributed by atoms with E-state index >= 15 is 0 Å². The molecule has 0 unspecified atom stereocenters. The summed E-state index contributed by atoms with van der Waals surface area (Å²) in [7, 11) is 3.08. The molecule has 9 nitrogen and oxygen atoms in total. The number of carbonyl (C=O) groups excluding carboxylic acids is 2. The third kappa shape index (κ3) is 5.90. The number of aromatic nitrogens is 1. The quantitative estimate of drug-likeness (QED) is 0.257. The number of carbonyl (C=O) groups is 2. The molecule has 40 heavy (non-hydrogen) atoms. The van der Waals surface area contributed by atoms with E-state index in [1.807, 2.05) is 6.92 Å². The number of halogens is 1. The Bertz CT molecular complexity index is 1670. The molecule has 3 aromatic rings. The van der Waals surface area contributed by atoms with Crippen LogP contribution in [0.3, 0.4) is 0 Å². The van der Waals surface area contributed by atoms with Crippen LogP contribution in [0.4, 0.5) is 0 Å². The van der Waals surface area contributed by atoms with Gasteiger partial charge >= 0.3 is 11.9 Å². The van der Waals surface area contributed by atoms with Crippen molar-refractivity contribution in [2.24, 2.45) is 4.99 Å². The molecule has 4 rings (SSSR count). The molecular formula is C29H29BrN2O7S. The number of fused-ring (bicyclic) bond motifs is 1. The first-order valence-electron chi connectivity index (χ1n) is 12.6. The fourth-order valence-corrected chi connectivity index (χ4v) is 5.96. The van der Waals surface area contributed by atoms with Crippen molar-refractivity contribution in [2.45, 2.75) is 39.7 Å². The van der Waals surface area contributed by atoms with E-state index in [0.29, 0.717) is 59.9 Å². The molecule has 0 radical (unpaired) electrons. The smallest absolute Gasteiger partial charge is 0.338 e. The molecule has 0 saturated carbocycles. The van der Waals surface area contributed by atoms with Crippen molar-refractivity contribution >= 4 is 45.3 Å². The van der Waals surface area contributed by atoms with Gasteiger partial charge in [-0.15, -0.1) is 0 Å². The van der Waals surface area contributed by atoms with Crippen LogP contribution in [0.5, 0.6) is 17.2 Å². The highest BCUT2D eigenvalue weighted by Crippen LogP contribution is 2.38. The van der Waals surface area contributed by atoms with Gasteiger partial charge in [0.25, 0.3) is 5.56 Å². The maximum Gasteiger partial charge on any atom is 0.338 e. The molecule has 1 aliphatic heterocycles. The summed E-state index contributed by atoms with van der Waals surface area (Å²) in [6.07, 6.45) is 2.99. The van der Waals surface area contributed by atoms with Crippen LogP contribution in [-0.2, 0) is 14.3 Å². The van der Waals surface area contributed by atoms with Gasteiger partial charge in [0, 0.05) is 12.5 Å². The second kappa shape index (κ2) is 12.6. The number of methoxy groups -OCH3 is 2. The lowest BCUT2D eigenvalue weighted by Gasteiger charge is -2.27. The SMILES string of the molecule is CCCC1=C(C(=O)OCC)[C@H](c2cc(OC)ccc2OC)n2c(s/c(=C\c3ccc(OC(C)=O)c(Br)c3)c2=O)=N1. The first-order valence-corrected chi connectivity index (χ1v) is 14.2. The second-order valence-corrected chi connectivity index (χ2v) is 10.7. The first kappa shape index (κ1) is 29.3. The van der Waals surface area contributed by atoms with E-state index in [4.69, 9.17) is 23.9 Å². The van der Waals surface area contributed by atoms with E-state index in [9.17, 15) is 14.4 Å². The van der Waals surface area contributed by atoms with Crippen LogP contribution in [-0.4, -0.2) is 37.3 Å². The minimum absolute atomic E-state index is 0.173. The van der Waals surface area contributed by atoms with Gasteiger partial charge in [-0.05, 0) is 71.2 Å². The number of esters is 2. The predicted octanol–water partition coefficient (Wildman–Crippen LogP) is 4.28. The molecule has 11 heteroatoms. The first-order chi connectivity index (χ1) is 19.2. The Labute approximate surface area is 243 Å². The second-order valence-electron chi connectivity index (χ2n) is 8.80. The summed E-state index contributed by atoms with van der Waals surface area (Å²) in [5.74, 6) is 0.441. The number of benzene rings is 2. The summed E-state index contributed by atoms with van der Waals surface area (Å²) in [5, 5.41) is 0. The molecule has 0 spiro atoms. The van der Waals surface area contributed by atoms with Gasteiger partial charge in [0.05, 0.1) is 41.1 Å². The van der Waals surface area contributed by atoms with E-state index in [1.54, 1.807) is 56.5 Å². The predicted molar refractivity (Wildman–Crippen MR) is 155 cm³/mol. The summed E-state index contributed by atoms with van der Waals surface area (Å²) in [6.45, 7) is 5.23. The Morgan fingerprint density at radius 1 is 1.10 bits per heavy atom. The number of allylic oxidation sites excluding steroid dienone is 1. The normalized spacial score (nSPS) is 14.8. The third-order valence-corrected chi connectivity index (χ3v) is 7.73. The average Bonchev–Trinajstić information content (AvgIpc) is 3.23. The van der Waals surface area contributed by atoms with Crippen molar-refractivity contribution < 1.29 is 28.5 Å². The van der Waals surface area contributed by atoms with Gasteiger partial charge in [0.1, 0.15) is 23.3 Å². The number of thiazole rings is 1. The Balaban J connectivity index is 1.99. The summed E-state index contributed by atoms with van der Waals surface area (Å²) in [6, 6.07) is 9.57.